The first kappa shape index (κ1) is 20.7. The van der Waals surface area contributed by atoms with Crippen LogP contribution in [-0.4, -0.2) is 12.5 Å². The van der Waals surface area contributed by atoms with Gasteiger partial charge in [-0.1, -0.05) is 29.8 Å². The summed E-state index contributed by atoms with van der Waals surface area (Å²) in [6, 6.07) is 18.5. The first-order valence-corrected chi connectivity index (χ1v) is 9.86. The highest BCUT2D eigenvalue weighted by Gasteiger charge is 2.13. The van der Waals surface area contributed by atoms with Gasteiger partial charge in [-0.2, -0.15) is 0 Å². The highest BCUT2D eigenvalue weighted by Crippen LogP contribution is 2.26. The molecule has 0 radical (unpaired) electrons. The summed E-state index contributed by atoms with van der Waals surface area (Å²) in [5.74, 6) is 1.25. The molecule has 0 spiro atoms. The Balaban J connectivity index is 1.81. The second kappa shape index (κ2) is 9.48. The number of amides is 1. The van der Waals surface area contributed by atoms with Gasteiger partial charge in [-0.3, -0.25) is 4.79 Å². The van der Waals surface area contributed by atoms with E-state index in [0.717, 1.165) is 22.4 Å². The van der Waals surface area contributed by atoms with Crippen molar-refractivity contribution < 1.29 is 14.3 Å². The van der Waals surface area contributed by atoms with Crippen LogP contribution in [-0.2, 0) is 6.61 Å². The Morgan fingerprint density at radius 3 is 2.38 bits per heavy atom. The molecule has 0 fully saturated rings. The third-order valence-corrected chi connectivity index (χ3v) is 4.66. The zero-order valence-corrected chi connectivity index (χ0v) is 17.5. The Labute approximate surface area is 176 Å². The maximum Gasteiger partial charge on any atom is 0.255 e. The summed E-state index contributed by atoms with van der Waals surface area (Å²) >= 11 is 6.14. The van der Waals surface area contributed by atoms with Crippen molar-refractivity contribution in [3.63, 3.8) is 0 Å². The number of hydrogen-bond donors (Lipinski definition) is 1. The number of rotatable bonds is 7. The fourth-order valence-electron chi connectivity index (χ4n) is 3.06. The molecule has 3 aromatic rings. The lowest BCUT2D eigenvalue weighted by Crippen LogP contribution is -2.13. The summed E-state index contributed by atoms with van der Waals surface area (Å²) < 4.78 is 11.7. The fourth-order valence-corrected chi connectivity index (χ4v) is 3.25. The van der Waals surface area contributed by atoms with Crippen LogP contribution in [0.2, 0.25) is 5.02 Å². The van der Waals surface area contributed by atoms with Gasteiger partial charge in [-0.15, -0.1) is 0 Å². The Morgan fingerprint density at radius 1 is 0.966 bits per heavy atom. The van der Waals surface area contributed by atoms with E-state index < -0.39 is 0 Å². The van der Waals surface area contributed by atoms with Crippen molar-refractivity contribution in [2.75, 3.05) is 11.9 Å². The molecule has 29 heavy (non-hydrogen) atoms. The predicted octanol–water partition coefficient (Wildman–Crippen LogP) is 6.19. The van der Waals surface area contributed by atoms with Gasteiger partial charge in [0.2, 0.25) is 0 Å². The number of carbonyl (C=O) groups excluding carboxylic acids is 1. The molecule has 0 aliphatic rings. The van der Waals surface area contributed by atoms with Gasteiger partial charge in [0.1, 0.15) is 18.1 Å². The van der Waals surface area contributed by atoms with Crippen LogP contribution in [0.3, 0.4) is 0 Å². The molecule has 5 heteroatoms. The Morgan fingerprint density at radius 2 is 1.69 bits per heavy atom. The van der Waals surface area contributed by atoms with Crippen LogP contribution in [0.15, 0.2) is 60.7 Å². The largest absolute Gasteiger partial charge is 0.493 e. The molecule has 0 saturated carbocycles. The molecule has 0 aliphatic heterocycles. The summed E-state index contributed by atoms with van der Waals surface area (Å²) in [5, 5.41) is 3.33. The van der Waals surface area contributed by atoms with E-state index in [1.54, 1.807) is 30.3 Å². The number of hydrogen-bond acceptors (Lipinski definition) is 3. The first-order valence-electron chi connectivity index (χ1n) is 9.49. The van der Waals surface area contributed by atoms with Crippen molar-refractivity contribution in [3.05, 3.63) is 87.9 Å². The van der Waals surface area contributed by atoms with Gasteiger partial charge < -0.3 is 14.8 Å². The van der Waals surface area contributed by atoms with Gasteiger partial charge in [0.05, 0.1) is 17.3 Å². The second-order valence-corrected chi connectivity index (χ2v) is 7.21. The van der Waals surface area contributed by atoms with Gasteiger partial charge in [0.25, 0.3) is 5.91 Å². The predicted molar refractivity (Wildman–Crippen MR) is 117 cm³/mol. The number of benzene rings is 3. The molecule has 1 N–H and O–H groups in total. The minimum absolute atomic E-state index is 0.242. The molecule has 0 heterocycles. The van der Waals surface area contributed by atoms with E-state index >= 15 is 0 Å². The van der Waals surface area contributed by atoms with E-state index in [0.29, 0.717) is 35.2 Å². The Hall–Kier alpha value is -2.98. The third-order valence-electron chi connectivity index (χ3n) is 4.33. The molecular weight excluding hydrogens is 386 g/mol. The van der Waals surface area contributed by atoms with Crippen molar-refractivity contribution in [2.45, 2.75) is 27.4 Å². The third kappa shape index (κ3) is 5.52. The van der Waals surface area contributed by atoms with Crippen LogP contribution >= 0.6 is 11.6 Å². The van der Waals surface area contributed by atoms with E-state index in [1.165, 1.54) is 0 Å². The molecule has 150 valence electrons. The van der Waals surface area contributed by atoms with Crippen LogP contribution in [0.5, 0.6) is 11.5 Å². The fraction of sp³-hybridized carbons (Fsp3) is 0.208. The number of para-hydroxylation sites is 1. The Bertz CT molecular complexity index is 997. The molecule has 1 amide bonds. The Kier molecular flexibility index (Phi) is 6.78. The van der Waals surface area contributed by atoms with Crippen molar-refractivity contribution in [1.82, 2.24) is 0 Å². The summed E-state index contributed by atoms with van der Waals surface area (Å²) in [6.07, 6.45) is 0. The molecular formula is C24H24ClNO3. The minimum Gasteiger partial charge on any atom is -0.493 e. The molecule has 3 aromatic carbocycles. The number of ether oxygens (including phenoxy) is 2. The van der Waals surface area contributed by atoms with Gasteiger partial charge in [0, 0.05) is 11.1 Å². The minimum atomic E-state index is -0.242. The van der Waals surface area contributed by atoms with Crippen molar-refractivity contribution in [2.24, 2.45) is 0 Å². The molecule has 4 nitrogen and oxygen atoms in total. The van der Waals surface area contributed by atoms with Crippen LogP contribution < -0.4 is 14.8 Å². The summed E-state index contributed by atoms with van der Waals surface area (Å²) in [7, 11) is 0. The number of anilines is 1. The monoisotopic (exact) mass is 409 g/mol. The molecule has 0 saturated heterocycles. The van der Waals surface area contributed by atoms with Crippen molar-refractivity contribution >= 4 is 23.2 Å². The number of nitrogens with one attached hydrogen (secondary N) is 1. The topological polar surface area (TPSA) is 47.6 Å². The maximum absolute atomic E-state index is 12.7. The van der Waals surface area contributed by atoms with Crippen molar-refractivity contribution in [1.29, 1.82) is 0 Å². The lowest BCUT2D eigenvalue weighted by atomic mass is 10.1. The number of carbonyl (C=O) groups is 1. The maximum atomic E-state index is 12.7. The van der Waals surface area contributed by atoms with Gasteiger partial charge in [-0.05, 0) is 74.4 Å². The smallest absolute Gasteiger partial charge is 0.255 e. The van der Waals surface area contributed by atoms with Gasteiger partial charge >= 0.3 is 0 Å². The summed E-state index contributed by atoms with van der Waals surface area (Å²) in [5.41, 5.74) is 4.15. The lowest BCUT2D eigenvalue weighted by molar-refractivity contribution is 0.102. The normalized spacial score (nSPS) is 10.5. The molecule has 0 aromatic heterocycles. The van der Waals surface area contributed by atoms with Gasteiger partial charge in [-0.25, -0.2) is 0 Å². The van der Waals surface area contributed by atoms with E-state index in [-0.39, 0.29) is 5.91 Å². The quantitative estimate of drug-likeness (QED) is 0.506. The molecule has 0 bridgehead atoms. The average molecular weight is 410 g/mol. The van der Waals surface area contributed by atoms with Crippen LogP contribution in [0.1, 0.15) is 34.0 Å². The number of aryl methyl sites for hydroxylation is 2. The van der Waals surface area contributed by atoms with E-state index in [4.69, 9.17) is 21.1 Å². The van der Waals surface area contributed by atoms with Crippen LogP contribution in [0.4, 0.5) is 5.69 Å². The highest BCUT2D eigenvalue weighted by atomic mass is 35.5. The van der Waals surface area contributed by atoms with Crippen LogP contribution in [0.25, 0.3) is 0 Å². The SMILES string of the molecule is CCOc1ccc(C(=O)Nc2ccccc2Cl)cc1COc1cc(C)cc(C)c1. The summed E-state index contributed by atoms with van der Waals surface area (Å²) in [6.45, 7) is 6.82. The van der Waals surface area contributed by atoms with E-state index in [2.05, 4.69) is 11.4 Å². The first-order chi connectivity index (χ1) is 14.0. The lowest BCUT2D eigenvalue weighted by Gasteiger charge is -2.14. The highest BCUT2D eigenvalue weighted by molar-refractivity contribution is 6.33. The van der Waals surface area contributed by atoms with Crippen LogP contribution in [0, 0.1) is 13.8 Å². The van der Waals surface area contributed by atoms with E-state index in [9.17, 15) is 4.79 Å². The van der Waals surface area contributed by atoms with E-state index in [1.807, 2.05) is 45.0 Å². The van der Waals surface area contributed by atoms with Gasteiger partial charge in [0.15, 0.2) is 0 Å². The zero-order valence-electron chi connectivity index (χ0n) is 16.8. The van der Waals surface area contributed by atoms with Crippen molar-refractivity contribution in [3.8, 4) is 11.5 Å². The summed E-state index contributed by atoms with van der Waals surface area (Å²) in [4.78, 5) is 12.7. The molecule has 0 aliphatic carbocycles. The molecule has 3 rings (SSSR count). The number of halogens is 1. The zero-order chi connectivity index (χ0) is 20.8. The standard InChI is InChI=1S/C24H24ClNO3/c1-4-28-23-10-9-18(24(27)26-22-8-6-5-7-21(22)25)14-19(23)15-29-20-12-16(2)11-17(3)13-20/h5-14H,4,15H2,1-3H3,(H,26,27). The molecule has 0 atom stereocenters. The second-order valence-electron chi connectivity index (χ2n) is 6.80. The molecule has 0 unspecified atom stereocenters. The average Bonchev–Trinajstić information content (AvgIpc) is 2.68.